The number of aliphatic hydroxyl groups is 1. The average molecular weight is 740 g/mol. The van der Waals surface area contributed by atoms with Crippen molar-refractivity contribution in [3.63, 3.8) is 0 Å². The Hall–Kier alpha value is -3.36. The van der Waals surface area contributed by atoms with Crippen LogP contribution in [-0.4, -0.2) is 80.8 Å². The number of fused-ring (bicyclic) bond motifs is 1. The van der Waals surface area contributed by atoms with Crippen LogP contribution in [0.15, 0.2) is 71.6 Å². The number of carbonyl (C=O) groups is 1. The first kappa shape index (κ1) is 39.4. The number of anilines is 1. The lowest BCUT2D eigenvalue weighted by Gasteiger charge is -2.36. The van der Waals surface area contributed by atoms with Crippen LogP contribution in [0.5, 0.6) is 5.75 Å². The summed E-state index contributed by atoms with van der Waals surface area (Å²) in [4.78, 5) is 17.9. The summed E-state index contributed by atoms with van der Waals surface area (Å²) in [6, 6.07) is 14.7. The zero-order valence-corrected chi connectivity index (χ0v) is 30.2. The molecule has 0 saturated heterocycles. The maximum atomic E-state index is 14.4. The Morgan fingerprint density at radius 3 is 2.38 bits per heavy atom. The molecular weight excluding hydrogens is 695 g/mol. The van der Waals surface area contributed by atoms with Crippen molar-refractivity contribution in [3.8, 4) is 5.75 Å². The molecule has 1 aliphatic rings. The highest BCUT2D eigenvalue weighted by Crippen LogP contribution is 2.31. The monoisotopic (exact) mass is 739 g/mol. The van der Waals surface area contributed by atoms with Gasteiger partial charge in [-0.15, -0.1) is 0 Å². The molecule has 50 heavy (non-hydrogen) atoms. The predicted molar refractivity (Wildman–Crippen MR) is 187 cm³/mol. The van der Waals surface area contributed by atoms with Crippen molar-refractivity contribution in [2.75, 3.05) is 38.1 Å². The lowest BCUT2D eigenvalue weighted by Crippen LogP contribution is -2.47. The van der Waals surface area contributed by atoms with Crippen molar-refractivity contribution in [2.45, 2.75) is 75.9 Å². The molecule has 0 aliphatic carbocycles. The van der Waals surface area contributed by atoms with Crippen molar-refractivity contribution in [2.24, 2.45) is 5.92 Å². The third-order valence-electron chi connectivity index (χ3n) is 8.65. The Balaban J connectivity index is 1.61. The molecule has 4 rings (SSSR count). The molecule has 2 N–H and O–H groups in total. The zero-order chi connectivity index (χ0) is 36.6. The van der Waals surface area contributed by atoms with E-state index in [1.165, 1.54) is 53.4 Å². The number of ether oxygens (including phenoxy) is 2. The third kappa shape index (κ3) is 10.8. The molecule has 4 atom stereocenters. The fraction of sp³-hybridized carbons (Fsp3) is 0.472. The van der Waals surface area contributed by atoms with Gasteiger partial charge in [0, 0.05) is 42.9 Å². The van der Waals surface area contributed by atoms with Crippen LogP contribution in [0.4, 0.5) is 18.9 Å². The molecule has 0 spiro atoms. The van der Waals surface area contributed by atoms with E-state index in [2.05, 4.69) is 4.72 Å². The van der Waals surface area contributed by atoms with Crippen molar-refractivity contribution < 1.29 is 41.0 Å². The number of aliphatic hydroxyl groups excluding tert-OH is 1. The Morgan fingerprint density at radius 2 is 1.74 bits per heavy atom. The summed E-state index contributed by atoms with van der Waals surface area (Å²) in [5, 5.41) is 10.6. The maximum absolute atomic E-state index is 14.4. The van der Waals surface area contributed by atoms with Gasteiger partial charge >= 0.3 is 6.18 Å². The Bertz CT molecular complexity index is 1680. The number of benzene rings is 3. The fourth-order valence-electron chi connectivity index (χ4n) is 5.76. The number of alkyl halides is 3. The van der Waals surface area contributed by atoms with Crippen molar-refractivity contribution in [3.05, 3.63) is 88.4 Å². The van der Waals surface area contributed by atoms with Crippen LogP contribution < -0.4 is 9.46 Å². The maximum Gasteiger partial charge on any atom is 0.416 e. The van der Waals surface area contributed by atoms with Gasteiger partial charge in [-0.1, -0.05) is 30.7 Å². The number of amides is 1. The minimum atomic E-state index is -4.41. The molecule has 1 amide bonds. The van der Waals surface area contributed by atoms with Crippen LogP contribution in [0.2, 0.25) is 5.02 Å². The Kier molecular flexibility index (Phi) is 13.6. The van der Waals surface area contributed by atoms with Gasteiger partial charge in [0.25, 0.3) is 15.9 Å². The van der Waals surface area contributed by atoms with Crippen LogP contribution in [0.3, 0.4) is 0 Å². The summed E-state index contributed by atoms with van der Waals surface area (Å²) in [5.41, 5.74) is 0.296. The molecule has 1 heterocycles. The number of sulfonamides is 1. The minimum absolute atomic E-state index is 0.00290. The fourth-order valence-corrected chi connectivity index (χ4v) is 6.93. The quantitative estimate of drug-likeness (QED) is 0.241. The molecule has 3 aromatic carbocycles. The molecule has 274 valence electrons. The molecule has 0 unspecified atom stereocenters. The van der Waals surface area contributed by atoms with Gasteiger partial charge in [-0.3, -0.25) is 14.4 Å². The molecule has 0 aromatic heterocycles. The van der Waals surface area contributed by atoms with Crippen LogP contribution in [0, 0.1) is 5.92 Å². The highest BCUT2D eigenvalue weighted by atomic mass is 35.5. The van der Waals surface area contributed by atoms with Gasteiger partial charge < -0.3 is 19.5 Å². The van der Waals surface area contributed by atoms with E-state index in [1.54, 1.807) is 13.0 Å². The largest absolute Gasteiger partial charge is 0.490 e. The normalized spacial score (nSPS) is 20.5. The second-order valence-electron chi connectivity index (χ2n) is 13.0. The number of carbonyl (C=O) groups excluding carboxylic acids is 1. The van der Waals surface area contributed by atoms with E-state index in [1.807, 2.05) is 25.8 Å². The molecule has 0 bridgehead atoms. The van der Waals surface area contributed by atoms with Gasteiger partial charge in [-0.05, 0) is 100 Å². The first-order valence-electron chi connectivity index (χ1n) is 16.5. The van der Waals surface area contributed by atoms with Gasteiger partial charge in [0.05, 0.1) is 40.9 Å². The van der Waals surface area contributed by atoms with E-state index in [0.29, 0.717) is 42.5 Å². The van der Waals surface area contributed by atoms with E-state index < -0.39 is 33.7 Å². The summed E-state index contributed by atoms with van der Waals surface area (Å²) >= 11 is 5.94. The highest BCUT2D eigenvalue weighted by molar-refractivity contribution is 7.92. The van der Waals surface area contributed by atoms with Gasteiger partial charge in [-0.25, -0.2) is 8.42 Å². The van der Waals surface area contributed by atoms with Crippen LogP contribution in [-0.2, 0) is 27.5 Å². The molecule has 3 aromatic rings. The van der Waals surface area contributed by atoms with Crippen LogP contribution in [0.1, 0.15) is 61.5 Å². The van der Waals surface area contributed by atoms with Gasteiger partial charge in [0.1, 0.15) is 5.75 Å². The number of hydrogen-bond donors (Lipinski definition) is 2. The van der Waals surface area contributed by atoms with Crippen LogP contribution >= 0.6 is 11.6 Å². The second-order valence-corrected chi connectivity index (χ2v) is 15.1. The summed E-state index contributed by atoms with van der Waals surface area (Å²) in [7, 11) is -2.15. The van der Waals surface area contributed by atoms with Crippen molar-refractivity contribution in [1.82, 2.24) is 9.80 Å². The molecule has 9 nitrogen and oxygen atoms in total. The lowest BCUT2D eigenvalue weighted by molar-refractivity contribution is -0.137. The number of hydrogen-bond acceptors (Lipinski definition) is 7. The van der Waals surface area contributed by atoms with E-state index in [-0.39, 0.29) is 47.4 Å². The van der Waals surface area contributed by atoms with E-state index in [9.17, 15) is 31.5 Å². The van der Waals surface area contributed by atoms with Crippen molar-refractivity contribution in [1.29, 1.82) is 0 Å². The second kappa shape index (κ2) is 17.2. The van der Waals surface area contributed by atoms with Crippen molar-refractivity contribution >= 4 is 33.2 Å². The molecule has 14 heteroatoms. The zero-order valence-electron chi connectivity index (χ0n) is 28.6. The molecule has 0 fully saturated rings. The average Bonchev–Trinajstić information content (AvgIpc) is 3.06. The Labute approximate surface area is 297 Å². The lowest BCUT2D eigenvalue weighted by atomic mass is 10.0. The topological polar surface area (TPSA) is 108 Å². The third-order valence-corrected chi connectivity index (χ3v) is 10.3. The SMILES string of the molecule is C[C@@H]1CCCCO[C@H](CN(C)Cc2ccc(C(F)(F)F)cc2)[C@H](C)CN([C@H](C)CO)C(=O)c2cc(NS(=O)(=O)c3ccc(Cl)cc3)ccc2O1. The van der Waals surface area contributed by atoms with E-state index >= 15 is 0 Å². The predicted octanol–water partition coefficient (Wildman–Crippen LogP) is 7.09. The molecule has 0 radical (unpaired) electrons. The summed E-state index contributed by atoms with van der Waals surface area (Å²) in [5.74, 6) is -0.399. The number of rotatable bonds is 9. The number of halogens is 4. The van der Waals surface area contributed by atoms with E-state index in [4.69, 9.17) is 21.1 Å². The van der Waals surface area contributed by atoms with Gasteiger partial charge in [0.15, 0.2) is 0 Å². The molecular formula is C36H45ClF3N3O6S. The van der Waals surface area contributed by atoms with E-state index in [0.717, 1.165) is 25.0 Å². The Morgan fingerprint density at radius 1 is 1.06 bits per heavy atom. The molecule has 0 saturated carbocycles. The number of nitrogens with zero attached hydrogens (tertiary/aromatic N) is 2. The summed E-state index contributed by atoms with van der Waals surface area (Å²) < 4.78 is 80.7. The first-order chi connectivity index (χ1) is 23.6. The standard InChI is InChI=1S/C36H45ClF3N3O6S/c1-24-20-43(25(2)23-44)35(45)32-19-30(41-50(46,47)31-15-12-29(37)13-16-31)14-17-33(32)49-26(3)7-5-6-18-48-34(24)22-42(4)21-27-8-10-28(11-9-27)36(38,39)40/h8-17,19,24-26,34,41,44H,5-7,18,20-23H2,1-4H3/t24-,25-,26-,34-/m1/s1. The van der Waals surface area contributed by atoms with Gasteiger partial charge in [-0.2, -0.15) is 13.2 Å². The summed E-state index contributed by atoms with van der Waals surface area (Å²) in [6.45, 7) is 6.71. The smallest absolute Gasteiger partial charge is 0.416 e. The highest BCUT2D eigenvalue weighted by Gasteiger charge is 2.32. The number of nitrogens with one attached hydrogen (secondary N) is 1. The summed E-state index contributed by atoms with van der Waals surface area (Å²) in [6.07, 6.45) is -2.82. The number of likely N-dealkylation sites (N-methyl/N-ethyl adjacent to an activating group) is 1. The first-order valence-corrected chi connectivity index (χ1v) is 18.4. The van der Waals surface area contributed by atoms with Gasteiger partial charge in [0.2, 0.25) is 0 Å². The van der Waals surface area contributed by atoms with Crippen LogP contribution in [0.25, 0.3) is 0 Å². The molecule has 1 aliphatic heterocycles. The minimum Gasteiger partial charge on any atom is -0.490 e.